The number of aromatic amines is 1. The number of hydrogen-bond donors (Lipinski definition) is 2. The van der Waals surface area contributed by atoms with Crippen LogP contribution in [0, 0.1) is 5.82 Å². The summed E-state index contributed by atoms with van der Waals surface area (Å²) < 4.78 is 39.5. The van der Waals surface area contributed by atoms with E-state index in [9.17, 15) is 12.8 Å². The molecule has 0 radical (unpaired) electrons. The molecule has 0 amide bonds. The van der Waals surface area contributed by atoms with Crippen molar-refractivity contribution in [3.8, 4) is 22.4 Å². The van der Waals surface area contributed by atoms with E-state index in [0.29, 0.717) is 16.8 Å². The van der Waals surface area contributed by atoms with E-state index < -0.39 is 10.0 Å². The first kappa shape index (κ1) is 16.1. The Morgan fingerprint density at radius 1 is 1.08 bits per heavy atom. The number of sulfonamides is 1. The average molecular weight is 346 g/mol. The molecule has 0 saturated heterocycles. The van der Waals surface area contributed by atoms with Crippen molar-refractivity contribution >= 4 is 15.8 Å². The maximum absolute atomic E-state index is 13.2. The van der Waals surface area contributed by atoms with Crippen LogP contribution >= 0.6 is 0 Å². The summed E-state index contributed by atoms with van der Waals surface area (Å²) in [7, 11) is -3.50. The van der Waals surface area contributed by atoms with E-state index in [1.54, 1.807) is 36.7 Å². The van der Waals surface area contributed by atoms with Crippen molar-refractivity contribution in [2.45, 2.75) is 6.92 Å². The molecule has 0 unspecified atom stereocenters. The normalized spacial score (nSPS) is 11.4. The van der Waals surface area contributed by atoms with Gasteiger partial charge in [0.25, 0.3) is 0 Å². The van der Waals surface area contributed by atoms with Crippen LogP contribution in [0.1, 0.15) is 6.92 Å². The third kappa shape index (κ3) is 3.28. The topological polar surface area (TPSA) is 87.7 Å². The van der Waals surface area contributed by atoms with Crippen molar-refractivity contribution in [1.82, 2.24) is 15.2 Å². The van der Waals surface area contributed by atoms with Gasteiger partial charge >= 0.3 is 0 Å². The zero-order valence-corrected chi connectivity index (χ0v) is 13.6. The van der Waals surface area contributed by atoms with Gasteiger partial charge in [-0.05, 0) is 36.8 Å². The second kappa shape index (κ2) is 6.40. The van der Waals surface area contributed by atoms with E-state index in [-0.39, 0.29) is 17.4 Å². The largest absolute Gasteiger partial charge is 0.275 e. The molecule has 2 N–H and O–H groups in total. The summed E-state index contributed by atoms with van der Waals surface area (Å²) in [5.41, 5.74) is 2.61. The lowest BCUT2D eigenvalue weighted by molar-refractivity contribution is 0.602. The first-order valence-electron chi connectivity index (χ1n) is 7.25. The molecule has 2 aromatic heterocycles. The summed E-state index contributed by atoms with van der Waals surface area (Å²) >= 11 is 0. The van der Waals surface area contributed by atoms with Crippen molar-refractivity contribution in [2.24, 2.45) is 0 Å². The first-order valence-corrected chi connectivity index (χ1v) is 8.90. The molecule has 0 aliphatic heterocycles. The van der Waals surface area contributed by atoms with Crippen LogP contribution in [0.15, 0.2) is 48.8 Å². The van der Waals surface area contributed by atoms with Crippen LogP contribution in [-0.2, 0) is 10.0 Å². The van der Waals surface area contributed by atoms with Gasteiger partial charge in [0.05, 0.1) is 17.0 Å². The zero-order chi connectivity index (χ0) is 17.2. The Hall–Kier alpha value is -2.74. The molecule has 6 nitrogen and oxygen atoms in total. The highest BCUT2D eigenvalue weighted by atomic mass is 32.2. The van der Waals surface area contributed by atoms with E-state index in [2.05, 4.69) is 19.9 Å². The minimum absolute atomic E-state index is 0.0761. The van der Waals surface area contributed by atoms with Gasteiger partial charge in [-0.3, -0.25) is 14.8 Å². The fourth-order valence-electron chi connectivity index (χ4n) is 2.26. The summed E-state index contributed by atoms with van der Waals surface area (Å²) in [5.74, 6) is -0.272. The molecule has 0 aliphatic carbocycles. The third-order valence-electron chi connectivity index (χ3n) is 3.50. The quantitative estimate of drug-likeness (QED) is 0.743. The lowest BCUT2D eigenvalue weighted by Crippen LogP contribution is -2.15. The molecule has 124 valence electrons. The Morgan fingerprint density at radius 3 is 2.38 bits per heavy atom. The number of rotatable bonds is 5. The lowest BCUT2D eigenvalue weighted by atomic mass is 10.0. The number of hydrogen-bond acceptors (Lipinski definition) is 4. The molecular weight excluding hydrogens is 331 g/mol. The second-order valence-corrected chi connectivity index (χ2v) is 7.08. The van der Waals surface area contributed by atoms with Crippen LogP contribution in [0.4, 0.5) is 10.2 Å². The zero-order valence-electron chi connectivity index (χ0n) is 12.8. The number of aromatic nitrogens is 3. The minimum Gasteiger partial charge on any atom is -0.275 e. The van der Waals surface area contributed by atoms with Gasteiger partial charge in [0.15, 0.2) is 5.82 Å². The Labute approximate surface area is 138 Å². The number of benzene rings is 1. The second-order valence-electron chi connectivity index (χ2n) is 5.07. The number of nitrogens with zero attached hydrogens (tertiary/aromatic N) is 2. The van der Waals surface area contributed by atoms with Gasteiger partial charge in [-0.1, -0.05) is 12.1 Å². The van der Waals surface area contributed by atoms with Crippen molar-refractivity contribution in [3.63, 3.8) is 0 Å². The summed E-state index contributed by atoms with van der Waals surface area (Å²) in [4.78, 5) is 3.97. The van der Waals surface area contributed by atoms with Crippen LogP contribution in [0.2, 0.25) is 0 Å². The van der Waals surface area contributed by atoms with Gasteiger partial charge in [-0.25, -0.2) is 12.8 Å². The minimum atomic E-state index is -3.50. The number of nitrogens with one attached hydrogen (secondary N) is 2. The monoisotopic (exact) mass is 346 g/mol. The lowest BCUT2D eigenvalue weighted by Gasteiger charge is -2.08. The molecule has 0 bridgehead atoms. The van der Waals surface area contributed by atoms with Gasteiger partial charge in [0, 0.05) is 18.0 Å². The molecule has 0 spiro atoms. The number of anilines is 1. The molecule has 24 heavy (non-hydrogen) atoms. The van der Waals surface area contributed by atoms with Crippen molar-refractivity contribution in [2.75, 3.05) is 10.5 Å². The highest BCUT2D eigenvalue weighted by Gasteiger charge is 2.20. The average Bonchev–Trinajstić information content (AvgIpc) is 2.99. The SMILES string of the molecule is CCS(=O)(=O)Nc1n[nH]c(-c2ccncc2)c1-c1ccc(F)cc1. The standard InChI is InChI=1S/C16H15FN4O2S/c1-2-24(22,23)21-16-14(11-3-5-13(17)6-4-11)15(19-20-16)12-7-9-18-10-8-12/h3-10H,2H2,1H3,(H2,19,20,21). The summed E-state index contributed by atoms with van der Waals surface area (Å²) in [5, 5.41) is 6.95. The Bertz CT molecular complexity index is 938. The smallest absolute Gasteiger partial charge is 0.233 e. The van der Waals surface area contributed by atoms with E-state index in [1.165, 1.54) is 19.1 Å². The molecular formula is C16H15FN4O2S. The Morgan fingerprint density at radius 2 is 1.75 bits per heavy atom. The molecule has 0 saturated carbocycles. The van der Waals surface area contributed by atoms with Crippen molar-refractivity contribution < 1.29 is 12.8 Å². The fourth-order valence-corrected chi connectivity index (χ4v) is 2.85. The number of H-pyrrole nitrogens is 1. The van der Waals surface area contributed by atoms with Crippen LogP contribution in [0.3, 0.4) is 0 Å². The fraction of sp³-hybridized carbons (Fsp3) is 0.125. The van der Waals surface area contributed by atoms with Gasteiger partial charge < -0.3 is 0 Å². The third-order valence-corrected chi connectivity index (χ3v) is 4.76. The van der Waals surface area contributed by atoms with Gasteiger partial charge in [-0.2, -0.15) is 5.10 Å². The van der Waals surface area contributed by atoms with Crippen molar-refractivity contribution in [3.05, 3.63) is 54.6 Å². The highest BCUT2D eigenvalue weighted by molar-refractivity contribution is 7.92. The molecule has 8 heteroatoms. The summed E-state index contributed by atoms with van der Waals surface area (Å²) in [6.45, 7) is 1.54. The Kier molecular flexibility index (Phi) is 4.30. The molecule has 3 aromatic rings. The Balaban J connectivity index is 2.17. The molecule has 3 rings (SSSR count). The maximum atomic E-state index is 13.2. The number of pyridine rings is 1. The predicted molar refractivity (Wildman–Crippen MR) is 90.3 cm³/mol. The molecule has 2 heterocycles. The van der Waals surface area contributed by atoms with Crippen LogP contribution in [0.5, 0.6) is 0 Å². The van der Waals surface area contributed by atoms with Crippen LogP contribution in [-0.4, -0.2) is 29.4 Å². The van der Waals surface area contributed by atoms with Crippen LogP contribution in [0.25, 0.3) is 22.4 Å². The molecule has 1 aromatic carbocycles. The van der Waals surface area contributed by atoms with Gasteiger partial charge in [0.1, 0.15) is 5.82 Å². The van der Waals surface area contributed by atoms with Gasteiger partial charge in [-0.15, -0.1) is 0 Å². The number of halogens is 1. The summed E-state index contributed by atoms with van der Waals surface area (Å²) in [6.07, 6.45) is 3.25. The maximum Gasteiger partial charge on any atom is 0.233 e. The van der Waals surface area contributed by atoms with E-state index in [0.717, 1.165) is 5.56 Å². The van der Waals surface area contributed by atoms with Gasteiger partial charge in [0.2, 0.25) is 10.0 Å². The van der Waals surface area contributed by atoms with Crippen molar-refractivity contribution in [1.29, 1.82) is 0 Å². The molecule has 0 aliphatic rings. The molecule has 0 atom stereocenters. The van der Waals surface area contributed by atoms with Crippen LogP contribution < -0.4 is 4.72 Å². The molecule has 0 fully saturated rings. The van der Waals surface area contributed by atoms with E-state index in [1.807, 2.05) is 0 Å². The highest BCUT2D eigenvalue weighted by Crippen LogP contribution is 2.36. The first-order chi connectivity index (χ1) is 11.5. The van der Waals surface area contributed by atoms with E-state index in [4.69, 9.17) is 0 Å². The summed E-state index contributed by atoms with van der Waals surface area (Å²) in [6, 6.07) is 9.34. The van der Waals surface area contributed by atoms with E-state index >= 15 is 0 Å². The predicted octanol–water partition coefficient (Wildman–Crippen LogP) is 3.04.